The highest BCUT2D eigenvalue weighted by Crippen LogP contribution is 2.16. The van der Waals surface area contributed by atoms with Crippen molar-refractivity contribution in [3.05, 3.63) is 35.1 Å². The maximum Gasteiger partial charge on any atom is 0.256 e. The predicted molar refractivity (Wildman–Crippen MR) is 79.9 cm³/mol. The van der Waals surface area contributed by atoms with E-state index in [0.717, 1.165) is 19.4 Å². The molecule has 1 atom stereocenters. The highest BCUT2D eigenvalue weighted by molar-refractivity contribution is 5.94. The number of nitrogens with one attached hydrogen (secondary N) is 1. The molecular weight excluding hydrogens is 271 g/mol. The van der Waals surface area contributed by atoms with Crippen LogP contribution in [0.5, 0.6) is 0 Å². The number of methoxy groups -OCH3 is 1. The first-order valence-corrected chi connectivity index (χ1v) is 7.40. The molecule has 0 aromatic heterocycles. The van der Waals surface area contributed by atoms with E-state index in [-0.39, 0.29) is 11.5 Å². The summed E-state index contributed by atoms with van der Waals surface area (Å²) in [5.41, 5.74) is 0.635. The molecule has 1 heterocycles. The topological polar surface area (TPSA) is 41.6 Å². The van der Waals surface area contributed by atoms with Crippen LogP contribution < -0.4 is 5.32 Å². The number of carbonyl (C=O) groups is 1. The van der Waals surface area contributed by atoms with Gasteiger partial charge in [-0.15, -0.1) is 0 Å². The van der Waals surface area contributed by atoms with Gasteiger partial charge in [-0.1, -0.05) is 12.1 Å². The summed E-state index contributed by atoms with van der Waals surface area (Å²) in [5.74, 6) is -0.689. The van der Waals surface area contributed by atoms with Gasteiger partial charge in [0.15, 0.2) is 0 Å². The van der Waals surface area contributed by atoms with Gasteiger partial charge < -0.3 is 15.0 Å². The molecule has 0 bridgehead atoms. The van der Waals surface area contributed by atoms with Crippen molar-refractivity contribution >= 4 is 5.91 Å². The van der Waals surface area contributed by atoms with Gasteiger partial charge in [-0.25, -0.2) is 4.39 Å². The van der Waals surface area contributed by atoms with E-state index < -0.39 is 5.82 Å². The quantitative estimate of drug-likeness (QED) is 0.872. The zero-order valence-electron chi connectivity index (χ0n) is 12.7. The van der Waals surface area contributed by atoms with Crippen LogP contribution in [0.3, 0.4) is 0 Å². The number of halogens is 1. The van der Waals surface area contributed by atoms with Crippen molar-refractivity contribution in [2.45, 2.75) is 25.8 Å². The third-order valence-corrected chi connectivity index (χ3v) is 3.88. The van der Waals surface area contributed by atoms with Crippen molar-refractivity contribution in [2.24, 2.45) is 0 Å². The second kappa shape index (κ2) is 7.52. The maximum atomic E-state index is 14.2. The molecule has 1 amide bonds. The summed E-state index contributed by atoms with van der Waals surface area (Å²) in [6.45, 7) is 4.17. The molecule has 2 rings (SSSR count). The van der Waals surface area contributed by atoms with Gasteiger partial charge in [0, 0.05) is 26.2 Å². The Balaban J connectivity index is 2.13. The minimum absolute atomic E-state index is 0.143. The fourth-order valence-electron chi connectivity index (χ4n) is 2.64. The van der Waals surface area contributed by atoms with Crippen LogP contribution in [0.15, 0.2) is 18.2 Å². The SMILES string of the molecule is COCCN(CC1CCCN1)C(=O)c1cccc(C)c1F. The molecule has 1 N–H and O–H groups in total. The highest BCUT2D eigenvalue weighted by Gasteiger charge is 2.24. The molecule has 0 spiro atoms. The summed E-state index contributed by atoms with van der Waals surface area (Å²) < 4.78 is 19.2. The molecule has 1 aromatic carbocycles. The lowest BCUT2D eigenvalue weighted by Crippen LogP contribution is -2.43. The molecular formula is C16H23FN2O2. The molecule has 0 saturated carbocycles. The maximum absolute atomic E-state index is 14.2. The van der Waals surface area contributed by atoms with E-state index in [0.29, 0.717) is 31.3 Å². The lowest BCUT2D eigenvalue weighted by Gasteiger charge is -2.26. The Kier molecular flexibility index (Phi) is 5.70. The summed E-state index contributed by atoms with van der Waals surface area (Å²) in [6.07, 6.45) is 2.17. The van der Waals surface area contributed by atoms with Crippen LogP contribution in [0.25, 0.3) is 0 Å². The van der Waals surface area contributed by atoms with Crippen molar-refractivity contribution in [3.63, 3.8) is 0 Å². The van der Waals surface area contributed by atoms with E-state index in [9.17, 15) is 9.18 Å². The Morgan fingerprint density at radius 2 is 2.33 bits per heavy atom. The van der Waals surface area contributed by atoms with Gasteiger partial charge in [-0.2, -0.15) is 0 Å². The van der Waals surface area contributed by atoms with E-state index in [2.05, 4.69) is 5.32 Å². The number of rotatable bonds is 6. The molecule has 0 radical (unpaired) electrons. The molecule has 1 aliphatic heterocycles. The lowest BCUT2D eigenvalue weighted by molar-refractivity contribution is 0.0674. The standard InChI is InChI=1S/C16H23FN2O2/c1-12-5-3-7-14(15(12)17)16(20)19(9-10-21-2)11-13-6-4-8-18-13/h3,5,7,13,18H,4,6,8-11H2,1-2H3. The Morgan fingerprint density at radius 1 is 1.52 bits per heavy atom. The first kappa shape index (κ1) is 15.9. The predicted octanol–water partition coefficient (Wildman–Crippen LogP) is 1.97. The van der Waals surface area contributed by atoms with E-state index in [1.165, 1.54) is 0 Å². The van der Waals surface area contributed by atoms with Gasteiger partial charge in [0.05, 0.1) is 12.2 Å². The number of nitrogens with zero attached hydrogens (tertiary/aromatic N) is 1. The summed E-state index contributed by atoms with van der Waals surface area (Å²) in [6, 6.07) is 5.23. The number of carbonyl (C=O) groups excluding carboxylic acids is 1. The molecule has 4 nitrogen and oxygen atoms in total. The number of aryl methyl sites for hydroxylation is 1. The van der Waals surface area contributed by atoms with Gasteiger partial charge in [0.1, 0.15) is 5.82 Å². The van der Waals surface area contributed by atoms with Crippen molar-refractivity contribution in [1.82, 2.24) is 10.2 Å². The fraction of sp³-hybridized carbons (Fsp3) is 0.562. The van der Waals surface area contributed by atoms with Crippen LogP contribution in [0, 0.1) is 12.7 Å². The normalized spacial score (nSPS) is 18.0. The second-order valence-electron chi connectivity index (χ2n) is 5.47. The van der Waals surface area contributed by atoms with Crippen molar-refractivity contribution < 1.29 is 13.9 Å². The average Bonchev–Trinajstić information content (AvgIpc) is 2.98. The van der Waals surface area contributed by atoms with Gasteiger partial charge in [-0.05, 0) is 37.9 Å². The fourth-order valence-corrected chi connectivity index (χ4v) is 2.64. The molecule has 0 aliphatic carbocycles. The Bertz CT molecular complexity index is 487. The van der Waals surface area contributed by atoms with E-state index >= 15 is 0 Å². The van der Waals surface area contributed by atoms with Crippen LogP contribution in [-0.4, -0.2) is 50.2 Å². The summed E-state index contributed by atoms with van der Waals surface area (Å²) in [5, 5.41) is 3.37. The summed E-state index contributed by atoms with van der Waals surface area (Å²) in [7, 11) is 1.60. The van der Waals surface area contributed by atoms with Gasteiger partial charge >= 0.3 is 0 Å². The average molecular weight is 294 g/mol. The molecule has 1 saturated heterocycles. The van der Waals surface area contributed by atoms with Crippen LogP contribution in [-0.2, 0) is 4.74 Å². The van der Waals surface area contributed by atoms with E-state index in [1.807, 2.05) is 0 Å². The number of ether oxygens (including phenoxy) is 1. The Morgan fingerprint density at radius 3 is 3.00 bits per heavy atom. The minimum Gasteiger partial charge on any atom is -0.383 e. The number of benzene rings is 1. The molecule has 21 heavy (non-hydrogen) atoms. The van der Waals surface area contributed by atoms with Crippen molar-refractivity contribution in [1.29, 1.82) is 0 Å². The van der Waals surface area contributed by atoms with E-state index in [4.69, 9.17) is 4.74 Å². The number of hydrogen-bond acceptors (Lipinski definition) is 3. The number of hydrogen-bond donors (Lipinski definition) is 1. The zero-order chi connectivity index (χ0) is 15.2. The molecule has 5 heteroatoms. The largest absolute Gasteiger partial charge is 0.383 e. The Hall–Kier alpha value is -1.46. The lowest BCUT2D eigenvalue weighted by atomic mass is 10.1. The molecule has 1 aliphatic rings. The third kappa shape index (κ3) is 4.02. The zero-order valence-corrected chi connectivity index (χ0v) is 12.7. The third-order valence-electron chi connectivity index (χ3n) is 3.88. The van der Waals surface area contributed by atoms with Crippen molar-refractivity contribution in [3.8, 4) is 0 Å². The smallest absolute Gasteiger partial charge is 0.256 e. The van der Waals surface area contributed by atoms with Gasteiger partial charge in [-0.3, -0.25) is 4.79 Å². The van der Waals surface area contributed by atoms with Crippen LogP contribution in [0.1, 0.15) is 28.8 Å². The number of amides is 1. The molecule has 1 unspecified atom stereocenters. The van der Waals surface area contributed by atoms with E-state index in [1.54, 1.807) is 37.1 Å². The monoisotopic (exact) mass is 294 g/mol. The minimum atomic E-state index is -0.427. The molecule has 1 aromatic rings. The van der Waals surface area contributed by atoms with Gasteiger partial charge in [0.2, 0.25) is 0 Å². The first-order chi connectivity index (χ1) is 10.1. The second-order valence-corrected chi connectivity index (χ2v) is 5.47. The molecule has 116 valence electrons. The first-order valence-electron chi connectivity index (χ1n) is 7.40. The van der Waals surface area contributed by atoms with Crippen LogP contribution in [0.4, 0.5) is 4.39 Å². The highest BCUT2D eigenvalue weighted by atomic mass is 19.1. The van der Waals surface area contributed by atoms with Crippen molar-refractivity contribution in [2.75, 3.05) is 33.4 Å². The van der Waals surface area contributed by atoms with Gasteiger partial charge in [0.25, 0.3) is 5.91 Å². The summed E-state index contributed by atoms with van der Waals surface area (Å²) in [4.78, 5) is 14.3. The van der Waals surface area contributed by atoms with Crippen LogP contribution >= 0.6 is 0 Å². The summed E-state index contributed by atoms with van der Waals surface area (Å²) >= 11 is 0. The Labute approximate surface area is 125 Å². The van der Waals surface area contributed by atoms with Crippen LogP contribution in [0.2, 0.25) is 0 Å². The molecule has 1 fully saturated rings.